The van der Waals surface area contributed by atoms with Crippen molar-refractivity contribution >= 4 is 40.0 Å². The number of nitrogens with one attached hydrogen (secondary N) is 2. The molecule has 0 saturated heterocycles. The summed E-state index contributed by atoms with van der Waals surface area (Å²) in [5.74, 6) is 1.56. The third kappa shape index (κ3) is 3.58. The van der Waals surface area contributed by atoms with Gasteiger partial charge in [-0.15, -0.1) is 0 Å². The van der Waals surface area contributed by atoms with E-state index in [1.165, 1.54) is 25.0 Å². The van der Waals surface area contributed by atoms with Crippen molar-refractivity contribution in [3.63, 3.8) is 0 Å². The van der Waals surface area contributed by atoms with Gasteiger partial charge in [0.2, 0.25) is 5.95 Å². The van der Waals surface area contributed by atoms with E-state index in [9.17, 15) is 4.39 Å². The van der Waals surface area contributed by atoms with E-state index in [1.54, 1.807) is 6.07 Å². The molecule has 26 heavy (non-hydrogen) atoms. The van der Waals surface area contributed by atoms with Gasteiger partial charge in [0.15, 0.2) is 0 Å². The smallest absolute Gasteiger partial charge is 0.229 e. The van der Waals surface area contributed by atoms with Crippen LogP contribution in [0.5, 0.6) is 0 Å². The van der Waals surface area contributed by atoms with Gasteiger partial charge in [-0.3, -0.25) is 0 Å². The highest BCUT2D eigenvalue weighted by atomic mass is 35.5. The Kier molecular flexibility index (Phi) is 4.64. The highest BCUT2D eigenvalue weighted by molar-refractivity contribution is 6.31. The first-order valence-corrected chi connectivity index (χ1v) is 9.27. The molecule has 2 N–H and O–H groups in total. The van der Waals surface area contributed by atoms with Gasteiger partial charge in [0.25, 0.3) is 0 Å². The summed E-state index contributed by atoms with van der Waals surface area (Å²) in [6, 6.07) is 12.8. The summed E-state index contributed by atoms with van der Waals surface area (Å²) in [6.07, 6.45) is 3.60. The molecule has 1 aliphatic rings. The van der Waals surface area contributed by atoms with Gasteiger partial charge in [0.05, 0.1) is 10.5 Å². The SMILES string of the molecule is CCC(Nc1nc(Nc2ccc(F)c(Cl)c2)nc2ccccc12)C1CC1. The molecule has 0 amide bonds. The first kappa shape index (κ1) is 17.0. The molecule has 0 radical (unpaired) electrons. The molecule has 3 aromatic rings. The maximum atomic E-state index is 13.4. The van der Waals surface area contributed by atoms with Crippen molar-refractivity contribution in [1.82, 2.24) is 9.97 Å². The largest absolute Gasteiger partial charge is 0.366 e. The molecule has 1 aliphatic carbocycles. The number of nitrogens with zero attached hydrogens (tertiary/aromatic N) is 2. The highest BCUT2D eigenvalue weighted by Crippen LogP contribution is 2.36. The maximum absolute atomic E-state index is 13.4. The fourth-order valence-corrected chi connectivity index (χ4v) is 3.35. The number of hydrogen-bond acceptors (Lipinski definition) is 4. The van der Waals surface area contributed by atoms with Crippen LogP contribution in [0.15, 0.2) is 42.5 Å². The predicted octanol–water partition coefficient (Wildman–Crippen LogP) is 5.77. The van der Waals surface area contributed by atoms with Gasteiger partial charge in [-0.05, 0) is 55.5 Å². The first-order chi connectivity index (χ1) is 12.6. The minimum absolute atomic E-state index is 0.0638. The number of rotatable bonds is 6. The first-order valence-electron chi connectivity index (χ1n) is 8.89. The van der Waals surface area contributed by atoms with Crippen molar-refractivity contribution in [1.29, 1.82) is 0 Å². The van der Waals surface area contributed by atoms with Crippen molar-refractivity contribution < 1.29 is 4.39 Å². The second kappa shape index (κ2) is 7.08. The molecule has 2 aromatic carbocycles. The van der Waals surface area contributed by atoms with Crippen LogP contribution in [-0.2, 0) is 0 Å². The predicted molar refractivity (Wildman–Crippen MR) is 105 cm³/mol. The van der Waals surface area contributed by atoms with Crippen LogP contribution in [0, 0.1) is 11.7 Å². The second-order valence-electron chi connectivity index (χ2n) is 6.66. The normalized spacial score (nSPS) is 15.0. The summed E-state index contributed by atoms with van der Waals surface area (Å²) in [5.41, 5.74) is 1.50. The van der Waals surface area contributed by atoms with Crippen molar-refractivity contribution in [2.45, 2.75) is 32.2 Å². The lowest BCUT2D eigenvalue weighted by Crippen LogP contribution is -2.22. The van der Waals surface area contributed by atoms with Crippen LogP contribution >= 0.6 is 11.6 Å². The van der Waals surface area contributed by atoms with E-state index in [0.29, 0.717) is 17.7 Å². The van der Waals surface area contributed by atoms with Crippen LogP contribution in [0.25, 0.3) is 10.9 Å². The Bertz CT molecular complexity index is 942. The standard InChI is InChI=1S/C20H20ClFN4/c1-2-17(12-7-8-12)24-19-14-5-3-4-6-18(14)25-20(26-19)23-13-9-10-16(22)15(21)11-13/h3-6,9-12,17H,2,7-8H2,1H3,(H2,23,24,25,26). The fraction of sp³-hybridized carbons (Fsp3) is 0.300. The van der Waals surface area contributed by atoms with E-state index in [1.807, 2.05) is 24.3 Å². The van der Waals surface area contributed by atoms with Gasteiger partial charge >= 0.3 is 0 Å². The molecule has 1 atom stereocenters. The van der Waals surface area contributed by atoms with E-state index in [-0.39, 0.29) is 5.02 Å². The maximum Gasteiger partial charge on any atom is 0.229 e. The van der Waals surface area contributed by atoms with Gasteiger partial charge < -0.3 is 10.6 Å². The topological polar surface area (TPSA) is 49.8 Å². The average molecular weight is 371 g/mol. The van der Waals surface area contributed by atoms with E-state index in [2.05, 4.69) is 27.5 Å². The van der Waals surface area contributed by atoms with Crippen molar-refractivity contribution in [2.75, 3.05) is 10.6 Å². The van der Waals surface area contributed by atoms with Gasteiger partial charge in [-0.25, -0.2) is 9.37 Å². The number of aromatic nitrogens is 2. The Hall–Kier alpha value is -2.40. The molecule has 1 unspecified atom stereocenters. The highest BCUT2D eigenvalue weighted by Gasteiger charge is 2.30. The summed E-state index contributed by atoms with van der Waals surface area (Å²) < 4.78 is 13.4. The average Bonchev–Trinajstić information content (AvgIpc) is 3.48. The van der Waals surface area contributed by atoms with E-state index < -0.39 is 5.82 Å². The molecule has 1 heterocycles. The van der Waals surface area contributed by atoms with Crippen LogP contribution < -0.4 is 10.6 Å². The molecule has 1 aromatic heterocycles. The van der Waals surface area contributed by atoms with Gasteiger partial charge in [0.1, 0.15) is 11.6 Å². The van der Waals surface area contributed by atoms with E-state index in [0.717, 1.165) is 29.1 Å². The summed E-state index contributed by atoms with van der Waals surface area (Å²) in [6.45, 7) is 2.19. The third-order valence-electron chi connectivity index (χ3n) is 4.73. The van der Waals surface area contributed by atoms with Gasteiger partial charge in [-0.2, -0.15) is 4.98 Å². The monoisotopic (exact) mass is 370 g/mol. The number of anilines is 3. The molecule has 1 saturated carbocycles. The summed E-state index contributed by atoms with van der Waals surface area (Å²) in [7, 11) is 0. The summed E-state index contributed by atoms with van der Waals surface area (Å²) in [5, 5.41) is 7.79. The van der Waals surface area contributed by atoms with Crippen LogP contribution in [0.2, 0.25) is 5.02 Å². The van der Waals surface area contributed by atoms with Crippen molar-refractivity contribution in [3.8, 4) is 0 Å². The summed E-state index contributed by atoms with van der Waals surface area (Å²) in [4.78, 5) is 9.25. The van der Waals surface area contributed by atoms with Gasteiger partial charge in [-0.1, -0.05) is 30.7 Å². The summed E-state index contributed by atoms with van der Waals surface area (Å²) >= 11 is 5.87. The van der Waals surface area contributed by atoms with Crippen LogP contribution in [0.1, 0.15) is 26.2 Å². The lowest BCUT2D eigenvalue weighted by molar-refractivity contribution is 0.615. The zero-order valence-electron chi connectivity index (χ0n) is 14.5. The number of halogens is 2. The van der Waals surface area contributed by atoms with E-state index >= 15 is 0 Å². The molecule has 4 nitrogen and oxygen atoms in total. The number of fused-ring (bicyclic) bond motifs is 1. The Morgan fingerprint density at radius 2 is 2.00 bits per heavy atom. The zero-order valence-corrected chi connectivity index (χ0v) is 15.2. The fourth-order valence-electron chi connectivity index (χ4n) is 3.17. The minimum atomic E-state index is -0.450. The number of benzene rings is 2. The third-order valence-corrected chi connectivity index (χ3v) is 5.02. The molecule has 0 aliphatic heterocycles. The quantitative estimate of drug-likeness (QED) is 0.578. The molecule has 0 bridgehead atoms. The Morgan fingerprint density at radius 3 is 2.73 bits per heavy atom. The molecular weight excluding hydrogens is 351 g/mol. The number of hydrogen-bond donors (Lipinski definition) is 2. The lowest BCUT2D eigenvalue weighted by Gasteiger charge is -2.19. The lowest BCUT2D eigenvalue weighted by atomic mass is 10.1. The second-order valence-corrected chi connectivity index (χ2v) is 7.07. The Balaban J connectivity index is 1.69. The number of para-hydroxylation sites is 1. The van der Waals surface area contributed by atoms with E-state index in [4.69, 9.17) is 11.6 Å². The zero-order chi connectivity index (χ0) is 18.1. The minimum Gasteiger partial charge on any atom is -0.366 e. The van der Waals surface area contributed by atoms with Crippen LogP contribution in [-0.4, -0.2) is 16.0 Å². The Morgan fingerprint density at radius 1 is 1.19 bits per heavy atom. The van der Waals surface area contributed by atoms with Crippen molar-refractivity contribution in [3.05, 3.63) is 53.3 Å². The van der Waals surface area contributed by atoms with Crippen LogP contribution in [0.3, 0.4) is 0 Å². The Labute approximate surface area is 156 Å². The van der Waals surface area contributed by atoms with Crippen LogP contribution in [0.4, 0.5) is 21.8 Å². The molecule has 1 fully saturated rings. The van der Waals surface area contributed by atoms with Gasteiger partial charge in [0, 0.05) is 17.1 Å². The molecular formula is C20H20ClFN4. The molecule has 134 valence electrons. The van der Waals surface area contributed by atoms with Crippen molar-refractivity contribution in [2.24, 2.45) is 5.92 Å². The molecule has 0 spiro atoms. The molecule has 4 rings (SSSR count). The molecule has 6 heteroatoms.